The lowest BCUT2D eigenvalue weighted by atomic mass is 10.1. The highest BCUT2D eigenvalue weighted by atomic mass is 32.1. The highest BCUT2D eigenvalue weighted by Gasteiger charge is 2.21. The number of rotatable bonds is 6. The Balaban J connectivity index is 1.58. The molecular weight excluding hydrogens is 376 g/mol. The van der Waals surface area contributed by atoms with Crippen molar-refractivity contribution in [2.24, 2.45) is 0 Å². The van der Waals surface area contributed by atoms with Gasteiger partial charge in [0, 0.05) is 29.0 Å². The first-order valence-corrected chi connectivity index (χ1v) is 9.48. The zero-order valence-electron chi connectivity index (χ0n) is 15.4. The fourth-order valence-corrected chi connectivity index (χ4v) is 3.66. The zero-order valence-corrected chi connectivity index (χ0v) is 16.2. The van der Waals surface area contributed by atoms with Crippen LogP contribution in [0.3, 0.4) is 0 Å². The van der Waals surface area contributed by atoms with Crippen molar-refractivity contribution in [1.82, 2.24) is 4.98 Å². The molecule has 28 heavy (non-hydrogen) atoms. The Kier molecular flexibility index (Phi) is 5.10. The minimum Gasteiger partial charge on any atom is -0.497 e. The second kappa shape index (κ2) is 7.84. The van der Waals surface area contributed by atoms with E-state index in [1.54, 1.807) is 14.2 Å². The van der Waals surface area contributed by atoms with Gasteiger partial charge in [-0.2, -0.15) is 0 Å². The number of carbonyl (C=O) groups is 1. The van der Waals surface area contributed by atoms with Crippen molar-refractivity contribution >= 4 is 33.3 Å². The largest absolute Gasteiger partial charge is 0.497 e. The molecule has 0 atom stereocenters. The summed E-state index contributed by atoms with van der Waals surface area (Å²) in [5, 5.41) is 6.09. The summed E-state index contributed by atoms with van der Waals surface area (Å²) in [7, 11) is 3.22. The van der Waals surface area contributed by atoms with E-state index in [1.165, 1.54) is 11.3 Å². The van der Waals surface area contributed by atoms with Crippen LogP contribution >= 0.6 is 11.3 Å². The molecule has 2 heterocycles. The average Bonchev–Trinajstić information content (AvgIpc) is 3.33. The normalized spacial score (nSPS) is 10.9. The third-order valence-corrected chi connectivity index (χ3v) is 5.06. The average molecular weight is 394 g/mol. The molecule has 2 aromatic heterocycles. The van der Waals surface area contributed by atoms with E-state index in [9.17, 15) is 4.79 Å². The van der Waals surface area contributed by atoms with Gasteiger partial charge in [-0.1, -0.05) is 18.2 Å². The highest BCUT2D eigenvalue weighted by Crippen LogP contribution is 2.29. The van der Waals surface area contributed by atoms with Crippen LogP contribution in [0.25, 0.3) is 22.2 Å². The summed E-state index contributed by atoms with van der Waals surface area (Å²) < 4.78 is 16.2. The van der Waals surface area contributed by atoms with Crippen LogP contribution in [0, 0.1) is 0 Å². The van der Waals surface area contributed by atoms with Crippen molar-refractivity contribution in [3.8, 4) is 17.0 Å². The van der Waals surface area contributed by atoms with Crippen LogP contribution in [0.4, 0.5) is 5.13 Å². The maximum atomic E-state index is 12.8. The van der Waals surface area contributed by atoms with E-state index in [1.807, 2.05) is 53.9 Å². The van der Waals surface area contributed by atoms with Crippen LogP contribution in [-0.4, -0.2) is 25.1 Å². The number of amides is 1. The van der Waals surface area contributed by atoms with E-state index >= 15 is 0 Å². The number of fused-ring (bicyclic) bond motifs is 1. The number of furan rings is 1. The number of para-hydroxylation sites is 1. The van der Waals surface area contributed by atoms with Crippen molar-refractivity contribution in [3.05, 3.63) is 65.2 Å². The molecule has 0 spiro atoms. The summed E-state index contributed by atoms with van der Waals surface area (Å²) in [4.78, 5) is 17.3. The van der Waals surface area contributed by atoms with Gasteiger partial charge in [0.2, 0.25) is 0 Å². The van der Waals surface area contributed by atoms with Crippen molar-refractivity contribution in [3.63, 3.8) is 0 Å². The van der Waals surface area contributed by atoms with Gasteiger partial charge in [0.15, 0.2) is 10.9 Å². The molecular formula is C21H18N2O4S. The lowest BCUT2D eigenvalue weighted by Gasteiger charge is -2.02. The molecule has 4 aromatic rings. The molecule has 0 unspecified atom stereocenters. The maximum absolute atomic E-state index is 12.8. The Morgan fingerprint density at radius 2 is 1.93 bits per heavy atom. The fourth-order valence-electron chi connectivity index (χ4n) is 2.95. The predicted octanol–water partition coefficient (Wildman–Crippen LogP) is 4.96. The molecule has 1 amide bonds. The summed E-state index contributed by atoms with van der Waals surface area (Å²) in [6, 6.07) is 15.1. The molecule has 0 aliphatic carbocycles. The second-order valence-corrected chi connectivity index (χ2v) is 6.92. The van der Waals surface area contributed by atoms with Crippen LogP contribution in [0.2, 0.25) is 0 Å². The molecule has 4 rings (SSSR count). The molecule has 0 aliphatic heterocycles. The monoisotopic (exact) mass is 394 g/mol. The topological polar surface area (TPSA) is 73.6 Å². The first-order valence-electron chi connectivity index (χ1n) is 8.60. The number of aromatic nitrogens is 1. The van der Waals surface area contributed by atoms with Gasteiger partial charge in [0.25, 0.3) is 5.91 Å². The predicted molar refractivity (Wildman–Crippen MR) is 109 cm³/mol. The molecule has 0 aliphatic rings. The van der Waals surface area contributed by atoms with Crippen LogP contribution in [0.5, 0.6) is 5.75 Å². The zero-order chi connectivity index (χ0) is 19.5. The number of anilines is 1. The van der Waals surface area contributed by atoms with Crippen LogP contribution in [0.1, 0.15) is 16.1 Å². The number of nitrogens with zero attached hydrogens (tertiary/aromatic N) is 1. The smallest absolute Gasteiger partial charge is 0.293 e. The van der Waals surface area contributed by atoms with Crippen molar-refractivity contribution in [2.45, 2.75) is 6.61 Å². The van der Waals surface area contributed by atoms with Gasteiger partial charge in [-0.3, -0.25) is 10.1 Å². The van der Waals surface area contributed by atoms with E-state index in [-0.39, 0.29) is 18.3 Å². The summed E-state index contributed by atoms with van der Waals surface area (Å²) in [5.74, 6) is 0.672. The minimum absolute atomic E-state index is 0.240. The van der Waals surface area contributed by atoms with Crippen molar-refractivity contribution < 1.29 is 18.7 Å². The molecule has 0 bridgehead atoms. The van der Waals surface area contributed by atoms with Gasteiger partial charge >= 0.3 is 0 Å². The molecule has 7 heteroatoms. The fraction of sp³-hybridized carbons (Fsp3) is 0.143. The van der Waals surface area contributed by atoms with E-state index in [2.05, 4.69) is 10.3 Å². The number of ether oxygens (including phenoxy) is 2. The van der Waals surface area contributed by atoms with E-state index in [4.69, 9.17) is 13.9 Å². The third kappa shape index (κ3) is 3.49. The molecule has 0 fully saturated rings. The standard InChI is InChI=1S/C21H18N2O4S/c1-25-11-16-15-5-3-4-6-18(15)27-19(16)20(24)23-21-22-17(12-28-21)13-7-9-14(26-2)10-8-13/h3-10,12H,11H2,1-2H3,(H,22,23,24). The van der Waals surface area contributed by atoms with Gasteiger partial charge < -0.3 is 13.9 Å². The first kappa shape index (κ1) is 18.2. The lowest BCUT2D eigenvalue weighted by molar-refractivity contribution is 0.0992. The number of hydrogen-bond donors (Lipinski definition) is 1. The number of carbonyl (C=O) groups excluding carboxylic acids is 1. The van der Waals surface area contributed by atoms with E-state index in [0.717, 1.165) is 28.0 Å². The highest BCUT2D eigenvalue weighted by molar-refractivity contribution is 7.14. The number of benzene rings is 2. The molecule has 0 radical (unpaired) electrons. The number of nitrogens with one attached hydrogen (secondary N) is 1. The first-order chi connectivity index (χ1) is 13.7. The quantitative estimate of drug-likeness (QED) is 0.500. The summed E-state index contributed by atoms with van der Waals surface area (Å²) >= 11 is 1.36. The third-order valence-electron chi connectivity index (χ3n) is 4.30. The second-order valence-electron chi connectivity index (χ2n) is 6.06. The Morgan fingerprint density at radius 3 is 2.68 bits per heavy atom. The summed E-state index contributed by atoms with van der Waals surface area (Å²) in [5.41, 5.74) is 3.10. The molecule has 0 saturated carbocycles. The molecule has 142 valence electrons. The molecule has 2 aromatic carbocycles. The Morgan fingerprint density at radius 1 is 1.14 bits per heavy atom. The maximum Gasteiger partial charge on any atom is 0.293 e. The van der Waals surface area contributed by atoms with Gasteiger partial charge in [-0.25, -0.2) is 4.98 Å². The van der Waals surface area contributed by atoms with Crippen molar-refractivity contribution in [2.75, 3.05) is 19.5 Å². The lowest BCUT2D eigenvalue weighted by Crippen LogP contribution is -2.13. The van der Waals surface area contributed by atoms with Gasteiger partial charge in [-0.15, -0.1) is 11.3 Å². The van der Waals surface area contributed by atoms with E-state index < -0.39 is 0 Å². The Hall–Kier alpha value is -3.16. The van der Waals surface area contributed by atoms with E-state index in [0.29, 0.717) is 10.7 Å². The summed E-state index contributed by atoms with van der Waals surface area (Å²) in [6.07, 6.45) is 0. The SMILES string of the molecule is COCc1c(C(=O)Nc2nc(-c3ccc(OC)cc3)cs2)oc2ccccc12. The molecule has 1 N–H and O–H groups in total. The number of methoxy groups -OCH3 is 2. The van der Waals surface area contributed by atoms with Gasteiger partial charge in [0.05, 0.1) is 19.4 Å². The van der Waals surface area contributed by atoms with Crippen molar-refractivity contribution in [1.29, 1.82) is 0 Å². The Bertz CT molecular complexity index is 1120. The Labute approximate surface area is 165 Å². The van der Waals surface area contributed by atoms with Gasteiger partial charge in [0.1, 0.15) is 11.3 Å². The number of hydrogen-bond acceptors (Lipinski definition) is 6. The molecule has 0 saturated heterocycles. The minimum atomic E-state index is -0.348. The van der Waals surface area contributed by atoms with Crippen LogP contribution in [-0.2, 0) is 11.3 Å². The number of thiazole rings is 1. The molecule has 6 nitrogen and oxygen atoms in total. The van der Waals surface area contributed by atoms with Crippen LogP contribution < -0.4 is 10.1 Å². The van der Waals surface area contributed by atoms with Gasteiger partial charge in [-0.05, 0) is 30.3 Å². The van der Waals surface area contributed by atoms with Crippen LogP contribution in [0.15, 0.2) is 58.3 Å². The summed E-state index contributed by atoms with van der Waals surface area (Å²) in [6.45, 7) is 0.286.